The Bertz CT molecular complexity index is 755. The third-order valence-electron chi connectivity index (χ3n) is 5.37. The van der Waals surface area contributed by atoms with Crippen LogP contribution < -0.4 is 10.1 Å². The fraction of sp³-hybridized carbons (Fsp3) is 0.429. The van der Waals surface area contributed by atoms with Gasteiger partial charge in [0, 0.05) is 23.8 Å². The lowest BCUT2D eigenvalue weighted by atomic mass is 9.76. The van der Waals surface area contributed by atoms with E-state index in [2.05, 4.69) is 49.5 Å². The Labute approximate surface area is 144 Å². The van der Waals surface area contributed by atoms with Gasteiger partial charge in [-0.3, -0.25) is 0 Å². The molecular formula is C21H25NO2. The average Bonchev–Trinajstić information content (AvgIpc) is 2.61. The summed E-state index contributed by atoms with van der Waals surface area (Å²) in [6.07, 6.45) is 2.50. The van der Waals surface area contributed by atoms with Crippen LogP contribution in [-0.2, 0) is 4.74 Å². The van der Waals surface area contributed by atoms with E-state index < -0.39 is 0 Å². The van der Waals surface area contributed by atoms with Crippen molar-refractivity contribution < 1.29 is 9.47 Å². The normalized spacial score (nSPS) is 25.4. The second kappa shape index (κ2) is 6.14. The lowest BCUT2D eigenvalue weighted by Crippen LogP contribution is -2.36. The molecule has 0 spiro atoms. The summed E-state index contributed by atoms with van der Waals surface area (Å²) in [6, 6.07) is 13.2. The van der Waals surface area contributed by atoms with Crippen molar-refractivity contribution in [3.05, 3.63) is 58.7 Å². The van der Waals surface area contributed by atoms with Crippen LogP contribution >= 0.6 is 0 Å². The van der Waals surface area contributed by atoms with Crippen LogP contribution in [0, 0.1) is 19.8 Å². The number of anilines is 1. The van der Waals surface area contributed by atoms with Crippen LogP contribution in [0.15, 0.2) is 36.4 Å². The van der Waals surface area contributed by atoms with E-state index in [1.807, 2.05) is 6.07 Å². The van der Waals surface area contributed by atoms with Crippen molar-refractivity contribution in [2.75, 3.05) is 19.0 Å². The number of hydrogen-bond donors (Lipinski definition) is 1. The lowest BCUT2D eigenvalue weighted by molar-refractivity contribution is -0.0382. The SMILES string of the molecule is COc1cccc([C@@H]2Nc3c(C)cc(C)cc3[C@H]3OCCC[C@@H]32)c1. The van der Waals surface area contributed by atoms with E-state index in [0.717, 1.165) is 18.8 Å². The Morgan fingerprint density at radius 1 is 1.17 bits per heavy atom. The molecule has 2 aromatic rings. The summed E-state index contributed by atoms with van der Waals surface area (Å²) in [7, 11) is 1.72. The number of ether oxygens (including phenoxy) is 2. The van der Waals surface area contributed by atoms with Crippen molar-refractivity contribution in [3.63, 3.8) is 0 Å². The molecular weight excluding hydrogens is 298 g/mol. The van der Waals surface area contributed by atoms with E-state index >= 15 is 0 Å². The topological polar surface area (TPSA) is 30.5 Å². The smallest absolute Gasteiger partial charge is 0.119 e. The van der Waals surface area contributed by atoms with Gasteiger partial charge < -0.3 is 14.8 Å². The average molecular weight is 323 g/mol. The minimum atomic E-state index is 0.185. The van der Waals surface area contributed by atoms with Gasteiger partial charge in [0.25, 0.3) is 0 Å². The highest BCUT2D eigenvalue weighted by Gasteiger charge is 2.40. The van der Waals surface area contributed by atoms with Gasteiger partial charge in [-0.25, -0.2) is 0 Å². The van der Waals surface area contributed by atoms with E-state index in [-0.39, 0.29) is 12.1 Å². The Balaban J connectivity index is 1.80. The van der Waals surface area contributed by atoms with Gasteiger partial charge in [-0.1, -0.05) is 29.8 Å². The van der Waals surface area contributed by atoms with Crippen molar-refractivity contribution in [1.82, 2.24) is 0 Å². The molecule has 2 heterocycles. The molecule has 0 bridgehead atoms. The third kappa shape index (κ3) is 2.57. The van der Waals surface area contributed by atoms with Crippen LogP contribution in [0.5, 0.6) is 5.75 Å². The van der Waals surface area contributed by atoms with Gasteiger partial charge >= 0.3 is 0 Å². The number of nitrogens with one attached hydrogen (secondary N) is 1. The molecule has 3 nitrogen and oxygen atoms in total. The second-order valence-electron chi connectivity index (χ2n) is 7.04. The number of fused-ring (bicyclic) bond motifs is 3. The van der Waals surface area contributed by atoms with Gasteiger partial charge in [0.2, 0.25) is 0 Å². The van der Waals surface area contributed by atoms with Crippen LogP contribution in [0.2, 0.25) is 0 Å². The Morgan fingerprint density at radius 3 is 2.88 bits per heavy atom. The van der Waals surface area contributed by atoms with Crippen LogP contribution in [0.4, 0.5) is 5.69 Å². The maximum atomic E-state index is 6.26. The summed E-state index contributed by atoms with van der Waals surface area (Å²) in [5, 5.41) is 3.82. The van der Waals surface area contributed by atoms with E-state index in [1.54, 1.807) is 7.11 Å². The standard InChI is InChI=1S/C21H25NO2/c1-13-10-14(2)19-18(11-13)21-17(8-5-9-24-21)20(22-19)15-6-4-7-16(12-15)23-3/h4,6-7,10-12,17,20-22H,5,8-9H2,1-3H3/t17-,20+,21+/m1/s1. The summed E-state index contributed by atoms with van der Waals surface area (Å²) in [6.45, 7) is 5.21. The highest BCUT2D eigenvalue weighted by atomic mass is 16.5. The van der Waals surface area contributed by atoms with Crippen LogP contribution in [0.1, 0.15) is 47.2 Å². The van der Waals surface area contributed by atoms with Crippen molar-refractivity contribution in [1.29, 1.82) is 0 Å². The minimum Gasteiger partial charge on any atom is -0.497 e. The number of methoxy groups -OCH3 is 1. The molecule has 1 N–H and O–H groups in total. The number of hydrogen-bond acceptors (Lipinski definition) is 3. The zero-order valence-corrected chi connectivity index (χ0v) is 14.6. The molecule has 24 heavy (non-hydrogen) atoms. The Kier molecular flexibility index (Phi) is 3.97. The Hall–Kier alpha value is -2.00. The van der Waals surface area contributed by atoms with E-state index in [1.165, 1.54) is 34.4 Å². The largest absolute Gasteiger partial charge is 0.497 e. The highest BCUT2D eigenvalue weighted by molar-refractivity contribution is 5.63. The molecule has 2 aliphatic rings. The molecule has 1 fully saturated rings. The summed E-state index contributed by atoms with van der Waals surface area (Å²) in [5.74, 6) is 1.37. The molecule has 3 atom stereocenters. The molecule has 3 heteroatoms. The van der Waals surface area contributed by atoms with E-state index in [9.17, 15) is 0 Å². The first-order chi connectivity index (χ1) is 11.7. The minimum absolute atomic E-state index is 0.185. The molecule has 0 saturated carbocycles. The Morgan fingerprint density at radius 2 is 2.04 bits per heavy atom. The summed E-state index contributed by atoms with van der Waals surface area (Å²) in [4.78, 5) is 0. The predicted molar refractivity (Wildman–Crippen MR) is 96.7 cm³/mol. The number of aryl methyl sites for hydroxylation is 2. The molecule has 2 aromatic carbocycles. The third-order valence-corrected chi connectivity index (χ3v) is 5.37. The summed E-state index contributed by atoms with van der Waals surface area (Å²) >= 11 is 0. The highest BCUT2D eigenvalue weighted by Crippen LogP contribution is 2.50. The second-order valence-corrected chi connectivity index (χ2v) is 7.04. The molecule has 0 aliphatic carbocycles. The zero-order valence-electron chi connectivity index (χ0n) is 14.6. The lowest BCUT2D eigenvalue weighted by Gasteiger charge is -2.44. The number of benzene rings is 2. The van der Waals surface area contributed by atoms with Gasteiger partial charge in [-0.05, 0) is 49.9 Å². The van der Waals surface area contributed by atoms with E-state index in [4.69, 9.17) is 9.47 Å². The van der Waals surface area contributed by atoms with Crippen LogP contribution in [-0.4, -0.2) is 13.7 Å². The maximum Gasteiger partial charge on any atom is 0.119 e. The predicted octanol–water partition coefficient (Wildman–Crippen LogP) is 4.95. The summed E-state index contributed by atoms with van der Waals surface area (Å²) < 4.78 is 11.7. The van der Waals surface area contributed by atoms with Gasteiger partial charge in [0.15, 0.2) is 0 Å². The fourth-order valence-electron chi connectivity index (χ4n) is 4.32. The molecule has 0 amide bonds. The molecule has 2 aliphatic heterocycles. The first kappa shape index (κ1) is 15.5. The van der Waals surface area contributed by atoms with Gasteiger partial charge in [-0.2, -0.15) is 0 Å². The number of rotatable bonds is 2. The van der Waals surface area contributed by atoms with Gasteiger partial charge in [0.05, 0.1) is 19.3 Å². The summed E-state index contributed by atoms with van der Waals surface area (Å²) in [5.41, 5.74) is 6.46. The van der Waals surface area contributed by atoms with Crippen molar-refractivity contribution in [2.45, 2.75) is 38.8 Å². The van der Waals surface area contributed by atoms with Gasteiger partial charge in [-0.15, -0.1) is 0 Å². The van der Waals surface area contributed by atoms with Crippen molar-refractivity contribution in [2.24, 2.45) is 5.92 Å². The monoisotopic (exact) mass is 323 g/mol. The zero-order chi connectivity index (χ0) is 16.7. The van der Waals surface area contributed by atoms with Crippen LogP contribution in [0.3, 0.4) is 0 Å². The molecule has 126 valence electrons. The first-order valence-electron chi connectivity index (χ1n) is 8.80. The first-order valence-corrected chi connectivity index (χ1v) is 8.80. The van der Waals surface area contributed by atoms with Crippen LogP contribution in [0.25, 0.3) is 0 Å². The quantitative estimate of drug-likeness (QED) is 0.848. The molecule has 4 rings (SSSR count). The fourth-order valence-corrected chi connectivity index (χ4v) is 4.32. The van der Waals surface area contributed by atoms with Crippen molar-refractivity contribution in [3.8, 4) is 5.75 Å². The molecule has 1 saturated heterocycles. The maximum absolute atomic E-state index is 6.26. The van der Waals surface area contributed by atoms with Gasteiger partial charge in [0.1, 0.15) is 5.75 Å². The molecule has 0 aromatic heterocycles. The molecule has 0 radical (unpaired) electrons. The van der Waals surface area contributed by atoms with Crippen molar-refractivity contribution >= 4 is 5.69 Å². The molecule has 0 unspecified atom stereocenters. The van der Waals surface area contributed by atoms with E-state index in [0.29, 0.717) is 5.92 Å².